The first kappa shape index (κ1) is 13.0. The van der Waals surface area contributed by atoms with Crippen molar-refractivity contribution in [1.29, 1.82) is 0 Å². The summed E-state index contributed by atoms with van der Waals surface area (Å²) in [5.41, 5.74) is 13.0. The Balaban J connectivity index is 2.41. The van der Waals surface area contributed by atoms with Crippen LogP contribution in [0, 0.1) is 0 Å². The molecule has 1 aliphatic heterocycles. The molecule has 18 heavy (non-hydrogen) atoms. The van der Waals surface area contributed by atoms with E-state index in [2.05, 4.69) is 11.8 Å². The predicted molar refractivity (Wildman–Crippen MR) is 75.0 cm³/mol. The third-order valence-corrected chi connectivity index (χ3v) is 3.76. The number of primary amides is 1. The first-order chi connectivity index (χ1) is 8.50. The van der Waals surface area contributed by atoms with Gasteiger partial charge in [0.1, 0.15) is 0 Å². The van der Waals surface area contributed by atoms with E-state index < -0.39 is 5.91 Å². The first-order valence-corrected chi connectivity index (χ1v) is 6.54. The van der Waals surface area contributed by atoms with Gasteiger partial charge in [-0.25, -0.2) is 0 Å². The summed E-state index contributed by atoms with van der Waals surface area (Å²) >= 11 is 6.25. The Morgan fingerprint density at radius 1 is 1.44 bits per heavy atom. The Bertz CT molecular complexity index is 452. The van der Waals surface area contributed by atoms with Crippen molar-refractivity contribution in [2.45, 2.75) is 32.2 Å². The maximum absolute atomic E-state index is 11.2. The fraction of sp³-hybridized carbons (Fsp3) is 0.462. The van der Waals surface area contributed by atoms with Crippen LogP contribution in [0.25, 0.3) is 0 Å². The molecule has 0 aliphatic carbocycles. The van der Waals surface area contributed by atoms with Crippen molar-refractivity contribution in [3.63, 3.8) is 0 Å². The van der Waals surface area contributed by atoms with Gasteiger partial charge in [-0.1, -0.05) is 11.6 Å². The van der Waals surface area contributed by atoms with Crippen LogP contribution in [0.5, 0.6) is 0 Å². The summed E-state index contributed by atoms with van der Waals surface area (Å²) in [6.45, 7) is 3.11. The monoisotopic (exact) mass is 267 g/mol. The second-order valence-electron chi connectivity index (χ2n) is 4.80. The molecule has 4 N–H and O–H groups in total. The van der Waals surface area contributed by atoms with E-state index in [1.54, 1.807) is 12.1 Å². The number of nitrogens with two attached hydrogens (primary N) is 2. The summed E-state index contributed by atoms with van der Waals surface area (Å²) in [6.07, 6.45) is 3.50. The maximum Gasteiger partial charge on any atom is 0.248 e. The van der Waals surface area contributed by atoms with Gasteiger partial charge in [0.15, 0.2) is 0 Å². The fourth-order valence-electron chi connectivity index (χ4n) is 2.50. The van der Waals surface area contributed by atoms with Gasteiger partial charge in [-0.2, -0.15) is 0 Å². The number of hydrogen-bond acceptors (Lipinski definition) is 3. The molecule has 1 atom stereocenters. The Morgan fingerprint density at radius 2 is 2.17 bits per heavy atom. The Hall–Kier alpha value is -1.42. The van der Waals surface area contributed by atoms with E-state index in [4.69, 9.17) is 23.1 Å². The van der Waals surface area contributed by atoms with Gasteiger partial charge in [0.2, 0.25) is 5.91 Å². The zero-order valence-electron chi connectivity index (χ0n) is 10.4. The van der Waals surface area contributed by atoms with Crippen LogP contribution < -0.4 is 16.4 Å². The molecule has 0 bridgehead atoms. The number of halogens is 1. The van der Waals surface area contributed by atoms with Crippen molar-refractivity contribution >= 4 is 28.9 Å². The molecule has 0 radical (unpaired) electrons. The number of benzene rings is 1. The summed E-state index contributed by atoms with van der Waals surface area (Å²) in [5.74, 6) is -0.512. The van der Waals surface area contributed by atoms with E-state index >= 15 is 0 Å². The Morgan fingerprint density at radius 3 is 2.72 bits per heavy atom. The van der Waals surface area contributed by atoms with Gasteiger partial charge < -0.3 is 16.4 Å². The van der Waals surface area contributed by atoms with E-state index in [1.165, 1.54) is 6.42 Å². The minimum atomic E-state index is -0.512. The van der Waals surface area contributed by atoms with Gasteiger partial charge in [-0.05, 0) is 38.3 Å². The van der Waals surface area contributed by atoms with Crippen LogP contribution in [0.1, 0.15) is 36.5 Å². The molecule has 98 valence electrons. The van der Waals surface area contributed by atoms with Crippen LogP contribution in [0.15, 0.2) is 12.1 Å². The van der Waals surface area contributed by atoms with Gasteiger partial charge in [0.25, 0.3) is 0 Å². The van der Waals surface area contributed by atoms with Gasteiger partial charge in [0.05, 0.1) is 16.4 Å². The number of hydrogen-bond donors (Lipinski definition) is 2. The average molecular weight is 268 g/mol. The molecule has 2 rings (SSSR count). The third-order valence-electron chi connectivity index (χ3n) is 3.47. The third kappa shape index (κ3) is 2.38. The summed E-state index contributed by atoms with van der Waals surface area (Å²) in [6, 6.07) is 3.61. The molecule has 0 aromatic heterocycles. The number of nitrogen functional groups attached to an aromatic ring is 1. The second kappa shape index (κ2) is 5.06. The molecule has 4 nitrogen and oxygen atoms in total. The lowest BCUT2D eigenvalue weighted by atomic mass is 10.0. The fourth-order valence-corrected chi connectivity index (χ4v) is 2.83. The Kier molecular flexibility index (Phi) is 3.66. The molecule has 1 saturated heterocycles. The van der Waals surface area contributed by atoms with Crippen molar-refractivity contribution < 1.29 is 4.79 Å². The number of amides is 1. The van der Waals surface area contributed by atoms with Crippen LogP contribution in [0.4, 0.5) is 11.4 Å². The minimum Gasteiger partial charge on any atom is -0.397 e. The normalized spacial score (nSPS) is 19.9. The smallest absolute Gasteiger partial charge is 0.248 e. The standard InChI is InChI=1S/C13H18ClN3O/c1-8-4-2-3-5-17(8)12-10(14)6-9(13(16)18)7-11(12)15/h6-8H,2-5,15H2,1H3,(H2,16,18)/t8-/m0/s1. The van der Waals surface area contributed by atoms with Gasteiger partial charge in [-0.3, -0.25) is 4.79 Å². The van der Waals surface area contributed by atoms with Crippen LogP contribution in [0.2, 0.25) is 5.02 Å². The molecule has 0 spiro atoms. The number of rotatable bonds is 2. The van der Waals surface area contributed by atoms with Crippen molar-refractivity contribution in [1.82, 2.24) is 0 Å². The summed E-state index contributed by atoms with van der Waals surface area (Å²) < 4.78 is 0. The van der Waals surface area contributed by atoms with Crippen molar-refractivity contribution in [2.24, 2.45) is 5.73 Å². The second-order valence-corrected chi connectivity index (χ2v) is 5.21. The zero-order valence-corrected chi connectivity index (χ0v) is 11.2. The van der Waals surface area contributed by atoms with Crippen LogP contribution in [-0.4, -0.2) is 18.5 Å². The van der Waals surface area contributed by atoms with Crippen LogP contribution in [-0.2, 0) is 0 Å². The van der Waals surface area contributed by atoms with Crippen LogP contribution in [0.3, 0.4) is 0 Å². The highest BCUT2D eigenvalue weighted by Crippen LogP contribution is 2.36. The molecular formula is C13H18ClN3O. The highest BCUT2D eigenvalue weighted by Gasteiger charge is 2.23. The highest BCUT2D eigenvalue weighted by atomic mass is 35.5. The van der Waals surface area contributed by atoms with Crippen molar-refractivity contribution in [3.8, 4) is 0 Å². The highest BCUT2D eigenvalue weighted by molar-refractivity contribution is 6.34. The first-order valence-electron chi connectivity index (χ1n) is 6.16. The van der Waals surface area contributed by atoms with Gasteiger partial charge >= 0.3 is 0 Å². The van der Waals surface area contributed by atoms with E-state index in [0.717, 1.165) is 25.1 Å². The Labute approximate surface area is 112 Å². The largest absolute Gasteiger partial charge is 0.397 e. The molecule has 0 unspecified atom stereocenters. The minimum absolute atomic E-state index is 0.353. The zero-order chi connectivity index (χ0) is 13.3. The molecule has 1 fully saturated rings. The lowest BCUT2D eigenvalue weighted by Crippen LogP contribution is -2.38. The summed E-state index contributed by atoms with van der Waals surface area (Å²) in [7, 11) is 0. The number of nitrogens with zero attached hydrogens (tertiary/aromatic N) is 1. The molecular weight excluding hydrogens is 250 g/mol. The number of carbonyl (C=O) groups is 1. The quantitative estimate of drug-likeness (QED) is 0.808. The van der Waals surface area contributed by atoms with Gasteiger partial charge in [-0.15, -0.1) is 0 Å². The molecule has 1 aromatic rings. The van der Waals surface area contributed by atoms with Crippen molar-refractivity contribution in [3.05, 3.63) is 22.7 Å². The van der Waals surface area contributed by atoms with Crippen LogP contribution >= 0.6 is 11.6 Å². The molecule has 1 amide bonds. The topological polar surface area (TPSA) is 72.3 Å². The van der Waals surface area contributed by atoms with Crippen molar-refractivity contribution in [2.75, 3.05) is 17.2 Å². The number of carbonyl (C=O) groups excluding carboxylic acids is 1. The number of piperidine rings is 1. The predicted octanol–water partition coefficient (Wildman–Crippen LogP) is 2.40. The summed E-state index contributed by atoms with van der Waals surface area (Å²) in [4.78, 5) is 13.4. The molecule has 1 heterocycles. The van der Waals surface area contributed by atoms with E-state index in [1.807, 2.05) is 0 Å². The lowest BCUT2D eigenvalue weighted by Gasteiger charge is -2.36. The number of anilines is 2. The maximum atomic E-state index is 11.2. The lowest BCUT2D eigenvalue weighted by molar-refractivity contribution is 0.100. The SMILES string of the molecule is C[C@H]1CCCCN1c1c(N)cc(C(N)=O)cc1Cl. The van der Waals surface area contributed by atoms with E-state index in [-0.39, 0.29) is 0 Å². The molecule has 5 heteroatoms. The van der Waals surface area contributed by atoms with E-state index in [0.29, 0.717) is 22.3 Å². The average Bonchev–Trinajstić information content (AvgIpc) is 2.30. The molecule has 1 aliphatic rings. The molecule has 1 aromatic carbocycles. The summed E-state index contributed by atoms with van der Waals surface area (Å²) in [5, 5.41) is 0.498. The van der Waals surface area contributed by atoms with E-state index in [9.17, 15) is 4.79 Å². The molecule has 0 saturated carbocycles. The van der Waals surface area contributed by atoms with Gasteiger partial charge in [0, 0.05) is 18.2 Å².